The molecule has 16 heteroatoms. The smallest absolute Gasteiger partial charge is 0.0880 e. The molecule has 8 bridgehead atoms. The van der Waals surface area contributed by atoms with Crippen LogP contribution >= 0.6 is 157 Å². The minimum Gasteiger partial charge on any atom is -0.353 e. The molecule has 4 aromatic carbocycles. The quantitative estimate of drug-likeness (QED) is 0.185. The summed E-state index contributed by atoms with van der Waals surface area (Å²) in [5.41, 5.74) is 8.98. The van der Waals surface area contributed by atoms with E-state index in [0.29, 0.717) is 147 Å². The van der Waals surface area contributed by atoms with Crippen LogP contribution in [0.5, 0.6) is 0 Å². The first kappa shape index (κ1) is 43.0. The largest absolute Gasteiger partial charge is 0.353 e. The second-order valence-corrected chi connectivity index (χ2v) is 20.0. The van der Waals surface area contributed by atoms with Gasteiger partial charge in [0.05, 0.1) is 74.0 Å². The van der Waals surface area contributed by atoms with Crippen LogP contribution in [0.1, 0.15) is 22.8 Å². The Kier molecular flexibility index (Phi) is 12.2. The average Bonchev–Trinajstić information content (AvgIpc) is 3.96. The Labute approximate surface area is 416 Å². The second kappa shape index (κ2) is 17.0. The summed E-state index contributed by atoms with van der Waals surface area (Å²) in [6.45, 7) is 0. The molecule has 0 unspecified atom stereocenters. The second-order valence-electron chi connectivity index (χ2n) is 13.4. The summed E-state index contributed by atoms with van der Waals surface area (Å²) in [4.78, 5) is 18.0. The van der Waals surface area contributed by atoms with Crippen molar-refractivity contribution in [2.45, 2.75) is 0 Å². The molecule has 4 nitrogen and oxygen atoms in total. The van der Waals surface area contributed by atoms with Crippen molar-refractivity contribution in [2.75, 3.05) is 0 Å². The molecule has 5 heterocycles. The predicted molar refractivity (Wildman–Crippen MR) is 272 cm³/mol. The van der Waals surface area contributed by atoms with E-state index >= 15 is 0 Å². The van der Waals surface area contributed by atoms with Crippen LogP contribution in [0.3, 0.4) is 0 Å². The average molecular weight is 1210 g/mol. The normalized spacial score (nSPS) is 12.5. The lowest BCUT2D eigenvalue weighted by molar-refractivity contribution is 1.31. The van der Waals surface area contributed by atoms with E-state index in [4.69, 9.17) is 103 Å². The fourth-order valence-electron chi connectivity index (χ4n) is 7.36. The van der Waals surface area contributed by atoms with Crippen LogP contribution in [-0.2, 0) is 0 Å². The maximum absolute atomic E-state index is 7.04. The lowest BCUT2D eigenvalue weighted by Crippen LogP contribution is -1.93. The summed E-state index contributed by atoms with van der Waals surface area (Å²) in [5, 5.41) is 3.20. The van der Waals surface area contributed by atoms with Gasteiger partial charge >= 0.3 is 0 Å². The lowest BCUT2D eigenvalue weighted by Gasteiger charge is -2.11. The van der Waals surface area contributed by atoms with Crippen LogP contribution < -0.4 is 0 Å². The number of fused-ring (bicyclic) bond motifs is 8. The number of nitrogens with zero attached hydrogens (tertiary/aromatic N) is 2. The van der Waals surface area contributed by atoms with Crippen molar-refractivity contribution in [3.8, 4) is 44.5 Å². The van der Waals surface area contributed by atoms with Gasteiger partial charge in [0.2, 0.25) is 0 Å². The van der Waals surface area contributed by atoms with E-state index in [-0.39, 0.29) is 0 Å². The summed E-state index contributed by atoms with van der Waals surface area (Å²) in [6, 6.07) is 25.2. The molecule has 0 aliphatic carbocycles. The van der Waals surface area contributed by atoms with E-state index in [1.165, 1.54) is 0 Å². The van der Waals surface area contributed by atoms with Crippen molar-refractivity contribution in [2.24, 2.45) is 0 Å². The zero-order valence-electron chi connectivity index (χ0n) is 29.7. The Hall–Kier alpha value is -2.28. The third-order valence-electron chi connectivity index (χ3n) is 9.86. The number of hydrogen-bond donors (Lipinski definition) is 2. The molecule has 0 spiro atoms. The number of nitrogens with one attached hydrogen (secondary N) is 2. The number of rotatable bonds is 4. The van der Waals surface area contributed by atoms with Gasteiger partial charge in [-0.2, -0.15) is 0 Å². The van der Waals surface area contributed by atoms with E-state index in [2.05, 4.69) is 73.7 Å². The van der Waals surface area contributed by atoms with Crippen molar-refractivity contribution in [1.29, 1.82) is 0 Å². The Balaban J connectivity index is 1.62. The topological polar surface area (TPSA) is 57.4 Å². The molecule has 0 atom stereocenters. The van der Waals surface area contributed by atoms with Crippen molar-refractivity contribution in [3.05, 3.63) is 157 Å². The minimum atomic E-state index is 0.400. The number of aromatic amines is 2. The number of hydrogen-bond acceptors (Lipinski definition) is 2. The van der Waals surface area contributed by atoms with Crippen LogP contribution in [0.15, 0.2) is 93.9 Å². The molecule has 298 valence electrons. The first-order valence-corrected chi connectivity index (χ1v) is 23.6. The van der Waals surface area contributed by atoms with Crippen molar-refractivity contribution in [1.82, 2.24) is 19.9 Å². The minimum absolute atomic E-state index is 0.400. The number of benzene rings is 4. The van der Waals surface area contributed by atoms with Gasteiger partial charge in [-0.05, 0) is 137 Å². The lowest BCUT2D eigenvalue weighted by atomic mass is 10.0. The number of halogens is 12. The van der Waals surface area contributed by atoms with E-state index in [1.54, 1.807) is 72.8 Å². The first-order chi connectivity index (χ1) is 28.7. The Bertz CT molecular complexity index is 2970. The molecule has 60 heavy (non-hydrogen) atoms. The molecule has 0 fully saturated rings. The molecule has 0 saturated heterocycles. The molecular weight excluding hydrogens is 1190 g/mol. The SMILES string of the molecule is Clc1cccc(Cl)c1-c1c2nc(c(-c3c(Cl)cccc3Cl)c3[nH]c(cc3Br)c(-c3c(Cl)cccc3Cl)c3nc(c(-c4c(Cl)cccc4Cl)c4[nH]c1cc4Br)C=C3Br)C=C2Br. The molecule has 2 aliphatic heterocycles. The van der Waals surface area contributed by atoms with Gasteiger partial charge in [0.15, 0.2) is 0 Å². The van der Waals surface area contributed by atoms with Crippen molar-refractivity contribution < 1.29 is 0 Å². The monoisotopic (exact) mass is 1200 g/mol. The summed E-state index contributed by atoms with van der Waals surface area (Å²) in [7, 11) is 0. The molecule has 0 radical (unpaired) electrons. The Morgan fingerprint density at radius 3 is 0.917 bits per heavy atom. The highest BCUT2D eigenvalue weighted by molar-refractivity contribution is 9.15. The zero-order chi connectivity index (χ0) is 42.3. The molecule has 0 saturated carbocycles. The number of H-pyrrole nitrogens is 2. The molecular formula is C44H18Br4Cl8N4. The highest BCUT2D eigenvalue weighted by Crippen LogP contribution is 2.51. The van der Waals surface area contributed by atoms with E-state index in [0.717, 1.165) is 0 Å². The van der Waals surface area contributed by atoms with Crippen LogP contribution in [0.4, 0.5) is 0 Å². The number of aromatic nitrogens is 4. The summed E-state index contributed by atoms with van der Waals surface area (Å²) >= 11 is 71.8. The fourth-order valence-corrected chi connectivity index (χ4v) is 11.8. The van der Waals surface area contributed by atoms with Gasteiger partial charge in [0.25, 0.3) is 0 Å². The van der Waals surface area contributed by atoms with Crippen molar-refractivity contribution in [3.63, 3.8) is 0 Å². The highest BCUT2D eigenvalue weighted by atomic mass is 79.9. The third-order valence-corrected chi connectivity index (χ3v) is 14.8. The molecule has 9 rings (SSSR count). The van der Waals surface area contributed by atoms with Gasteiger partial charge in [0, 0.05) is 73.5 Å². The van der Waals surface area contributed by atoms with E-state index in [1.807, 2.05) is 24.3 Å². The molecule has 0 amide bonds. The Morgan fingerprint density at radius 1 is 0.367 bits per heavy atom. The highest BCUT2D eigenvalue weighted by Gasteiger charge is 2.28. The molecule has 3 aromatic heterocycles. The fraction of sp³-hybridized carbons (Fsp3) is 0. The van der Waals surface area contributed by atoms with E-state index < -0.39 is 0 Å². The maximum atomic E-state index is 7.04. The zero-order valence-corrected chi connectivity index (χ0v) is 42.1. The molecule has 2 aliphatic rings. The molecule has 7 aromatic rings. The van der Waals surface area contributed by atoms with Gasteiger partial charge in [-0.25, -0.2) is 9.97 Å². The van der Waals surface area contributed by atoms with Gasteiger partial charge in [-0.3, -0.25) is 0 Å². The van der Waals surface area contributed by atoms with Crippen molar-refractivity contribution >= 4 is 200 Å². The Morgan fingerprint density at radius 2 is 0.633 bits per heavy atom. The van der Waals surface area contributed by atoms with Crippen LogP contribution in [0.25, 0.3) is 87.7 Å². The van der Waals surface area contributed by atoms with Gasteiger partial charge in [0.1, 0.15) is 0 Å². The van der Waals surface area contributed by atoms with Gasteiger partial charge in [-0.1, -0.05) is 117 Å². The van der Waals surface area contributed by atoms with Gasteiger partial charge in [-0.15, -0.1) is 0 Å². The van der Waals surface area contributed by atoms with Crippen LogP contribution in [-0.4, -0.2) is 19.9 Å². The standard InChI is InChI=1S/C44H18Br4Cl8N4/c45-17-14-30-38(34-23(51)7-2-8-24(34)52)43-19(47)16-32(60-43)40(36-27(55)11-4-12-28(36)56)44-20(48)15-31(59-44)39(35-25(53)9-3-10-26(35)54)42-18(46)13-29(57-42)37(41(17)58-30)33-21(49)5-1-6-22(33)50/h1-16,57,60H. The predicted octanol–water partition coefficient (Wildman–Crippen LogP) is 19.5. The van der Waals surface area contributed by atoms with E-state index in [9.17, 15) is 0 Å². The summed E-state index contributed by atoms with van der Waals surface area (Å²) in [5.74, 6) is 0. The summed E-state index contributed by atoms with van der Waals surface area (Å²) < 4.78 is 2.57. The van der Waals surface area contributed by atoms with Crippen LogP contribution in [0, 0.1) is 0 Å². The summed E-state index contributed by atoms with van der Waals surface area (Å²) in [6.07, 6.45) is 3.80. The van der Waals surface area contributed by atoms with Gasteiger partial charge < -0.3 is 9.97 Å². The first-order valence-electron chi connectivity index (χ1n) is 17.4. The van der Waals surface area contributed by atoms with Crippen LogP contribution in [0.2, 0.25) is 40.2 Å². The maximum Gasteiger partial charge on any atom is 0.0880 e. The molecule has 2 N–H and O–H groups in total. The third kappa shape index (κ3) is 7.44.